The molecule has 114 valence electrons. The number of hydrogen-bond donors (Lipinski definition) is 1. The topological polar surface area (TPSA) is 43.8 Å². The summed E-state index contributed by atoms with van der Waals surface area (Å²) >= 11 is 0. The second-order valence-corrected chi connectivity index (χ2v) is 6.71. The molecule has 21 heavy (non-hydrogen) atoms. The largest absolute Gasteiger partial charge is 0.481 e. The molecule has 2 fully saturated rings. The highest BCUT2D eigenvalue weighted by molar-refractivity contribution is 5.72. The summed E-state index contributed by atoms with van der Waals surface area (Å²) in [5.41, 5.74) is 1.25. The summed E-state index contributed by atoms with van der Waals surface area (Å²) in [5.74, 6) is -0.829. The summed E-state index contributed by atoms with van der Waals surface area (Å²) < 4.78 is 0. The van der Waals surface area contributed by atoms with Crippen LogP contribution in [0.1, 0.15) is 18.4 Å². The van der Waals surface area contributed by atoms with E-state index in [0.29, 0.717) is 6.54 Å². The molecular formula is C17H24N2O2. The van der Waals surface area contributed by atoms with Crippen molar-refractivity contribution in [3.63, 3.8) is 0 Å². The number of hydrogen-bond acceptors (Lipinski definition) is 3. The second-order valence-electron chi connectivity index (χ2n) is 6.71. The summed E-state index contributed by atoms with van der Waals surface area (Å²) in [7, 11) is 2.12. The van der Waals surface area contributed by atoms with E-state index < -0.39 is 5.97 Å². The third-order valence-electron chi connectivity index (χ3n) is 5.25. The van der Waals surface area contributed by atoms with Crippen LogP contribution < -0.4 is 0 Å². The number of aliphatic carboxylic acids is 1. The van der Waals surface area contributed by atoms with E-state index in [1.807, 2.05) is 18.2 Å². The van der Waals surface area contributed by atoms with Crippen LogP contribution in [-0.2, 0) is 11.3 Å². The maximum absolute atomic E-state index is 11.7. The van der Waals surface area contributed by atoms with E-state index in [2.05, 4.69) is 29.0 Å². The summed E-state index contributed by atoms with van der Waals surface area (Å²) in [6, 6.07) is 10.4. The number of carboxylic acids is 1. The quantitative estimate of drug-likeness (QED) is 0.923. The van der Waals surface area contributed by atoms with Crippen LogP contribution in [0.2, 0.25) is 0 Å². The van der Waals surface area contributed by atoms with Gasteiger partial charge in [0.05, 0.1) is 5.92 Å². The predicted molar refractivity (Wildman–Crippen MR) is 82.0 cm³/mol. The van der Waals surface area contributed by atoms with E-state index in [1.165, 1.54) is 5.56 Å². The van der Waals surface area contributed by atoms with Gasteiger partial charge in [0.15, 0.2) is 0 Å². The van der Waals surface area contributed by atoms with Crippen molar-refractivity contribution in [1.29, 1.82) is 0 Å². The molecule has 1 atom stereocenters. The van der Waals surface area contributed by atoms with Crippen molar-refractivity contribution in [2.75, 3.05) is 33.2 Å². The molecule has 2 heterocycles. The Balaban J connectivity index is 1.74. The molecule has 0 aliphatic carbocycles. The van der Waals surface area contributed by atoms with Crippen LogP contribution in [0.5, 0.6) is 0 Å². The van der Waals surface area contributed by atoms with E-state index in [9.17, 15) is 9.90 Å². The number of carbonyl (C=O) groups is 1. The van der Waals surface area contributed by atoms with E-state index in [-0.39, 0.29) is 11.3 Å². The van der Waals surface area contributed by atoms with Crippen molar-refractivity contribution in [2.45, 2.75) is 19.4 Å². The van der Waals surface area contributed by atoms with Crippen molar-refractivity contribution in [1.82, 2.24) is 9.80 Å². The molecule has 3 rings (SSSR count). The minimum Gasteiger partial charge on any atom is -0.481 e. The minimum absolute atomic E-state index is 0.0207. The van der Waals surface area contributed by atoms with Gasteiger partial charge in [0.1, 0.15) is 0 Å². The molecule has 0 amide bonds. The lowest BCUT2D eigenvalue weighted by Gasteiger charge is -2.40. The minimum atomic E-state index is -0.616. The lowest BCUT2D eigenvalue weighted by atomic mass is 9.71. The van der Waals surface area contributed by atoms with Crippen LogP contribution in [0, 0.1) is 11.3 Å². The number of rotatable bonds is 3. The summed E-state index contributed by atoms with van der Waals surface area (Å²) in [5, 5.41) is 9.64. The monoisotopic (exact) mass is 288 g/mol. The van der Waals surface area contributed by atoms with Gasteiger partial charge < -0.3 is 10.0 Å². The molecule has 0 aromatic heterocycles. The van der Waals surface area contributed by atoms with Gasteiger partial charge in [-0.3, -0.25) is 9.69 Å². The van der Waals surface area contributed by atoms with Gasteiger partial charge in [-0.25, -0.2) is 0 Å². The zero-order chi connectivity index (χ0) is 14.9. The molecule has 1 N–H and O–H groups in total. The van der Waals surface area contributed by atoms with Crippen LogP contribution in [0.3, 0.4) is 0 Å². The SMILES string of the molecule is CN1CCC2(CC1)CN(Cc1ccccc1)C[C@H]2C(=O)O. The molecule has 1 aromatic carbocycles. The molecule has 2 aliphatic heterocycles. The predicted octanol–water partition coefficient (Wildman–Crippen LogP) is 1.91. The van der Waals surface area contributed by atoms with Crippen molar-refractivity contribution >= 4 is 5.97 Å². The average molecular weight is 288 g/mol. The molecule has 0 unspecified atom stereocenters. The first-order valence-electron chi connectivity index (χ1n) is 7.77. The first-order chi connectivity index (χ1) is 10.1. The van der Waals surface area contributed by atoms with E-state index in [1.54, 1.807) is 0 Å². The van der Waals surface area contributed by atoms with Crippen LogP contribution in [-0.4, -0.2) is 54.1 Å². The molecule has 1 spiro atoms. The van der Waals surface area contributed by atoms with Gasteiger partial charge in [-0.2, -0.15) is 0 Å². The van der Waals surface area contributed by atoms with Gasteiger partial charge in [-0.1, -0.05) is 30.3 Å². The van der Waals surface area contributed by atoms with Crippen molar-refractivity contribution in [2.24, 2.45) is 11.3 Å². The van der Waals surface area contributed by atoms with Crippen molar-refractivity contribution in [3.05, 3.63) is 35.9 Å². The Bertz CT molecular complexity index is 495. The van der Waals surface area contributed by atoms with Gasteiger partial charge in [0.2, 0.25) is 0 Å². The fourth-order valence-corrected chi connectivity index (χ4v) is 3.94. The smallest absolute Gasteiger partial charge is 0.308 e. The standard InChI is InChI=1S/C17H24N2O2/c1-18-9-7-17(8-10-18)13-19(12-15(17)16(20)21)11-14-5-3-2-4-6-14/h2-6,15H,7-13H2,1H3,(H,20,21)/t15-/m0/s1. The number of benzene rings is 1. The molecule has 0 saturated carbocycles. The van der Waals surface area contributed by atoms with Crippen LogP contribution in [0.4, 0.5) is 0 Å². The normalized spacial score (nSPS) is 26.2. The molecule has 4 nitrogen and oxygen atoms in total. The summed E-state index contributed by atoms with van der Waals surface area (Å²) in [6.07, 6.45) is 2.01. The maximum Gasteiger partial charge on any atom is 0.308 e. The fraction of sp³-hybridized carbons (Fsp3) is 0.588. The molecule has 2 aliphatic rings. The first kappa shape index (κ1) is 14.5. The maximum atomic E-state index is 11.7. The molecule has 1 aromatic rings. The van der Waals surface area contributed by atoms with Gasteiger partial charge in [0, 0.05) is 25.0 Å². The lowest BCUT2D eigenvalue weighted by Crippen LogP contribution is -2.44. The van der Waals surface area contributed by atoms with Gasteiger partial charge in [-0.05, 0) is 38.5 Å². The highest BCUT2D eigenvalue weighted by Crippen LogP contribution is 2.45. The Kier molecular flexibility index (Phi) is 4.00. The zero-order valence-corrected chi connectivity index (χ0v) is 12.7. The molecular weight excluding hydrogens is 264 g/mol. The van der Waals surface area contributed by atoms with Crippen LogP contribution in [0.25, 0.3) is 0 Å². The Morgan fingerprint density at radius 1 is 1.29 bits per heavy atom. The number of nitrogens with zero attached hydrogens (tertiary/aromatic N) is 2. The molecule has 0 bridgehead atoms. The van der Waals surface area contributed by atoms with Crippen LogP contribution >= 0.6 is 0 Å². The highest BCUT2D eigenvalue weighted by Gasteiger charge is 2.50. The zero-order valence-electron chi connectivity index (χ0n) is 12.7. The van der Waals surface area contributed by atoms with Crippen LogP contribution in [0.15, 0.2) is 30.3 Å². The number of likely N-dealkylation sites (tertiary alicyclic amines) is 2. The molecule has 0 radical (unpaired) electrons. The number of piperidine rings is 1. The summed E-state index contributed by atoms with van der Waals surface area (Å²) in [4.78, 5) is 16.4. The van der Waals surface area contributed by atoms with Gasteiger partial charge >= 0.3 is 5.97 Å². The van der Waals surface area contributed by atoms with E-state index in [4.69, 9.17) is 0 Å². The molecule has 2 saturated heterocycles. The third-order valence-corrected chi connectivity index (χ3v) is 5.25. The lowest BCUT2D eigenvalue weighted by molar-refractivity contribution is -0.145. The van der Waals surface area contributed by atoms with Crippen molar-refractivity contribution in [3.8, 4) is 0 Å². The number of carboxylic acid groups (broad SMARTS) is 1. The molecule has 4 heteroatoms. The third kappa shape index (κ3) is 2.97. The van der Waals surface area contributed by atoms with E-state index in [0.717, 1.165) is 39.0 Å². The van der Waals surface area contributed by atoms with Gasteiger partial charge in [0.25, 0.3) is 0 Å². The van der Waals surface area contributed by atoms with E-state index >= 15 is 0 Å². The Morgan fingerprint density at radius 2 is 1.95 bits per heavy atom. The Hall–Kier alpha value is -1.39. The van der Waals surface area contributed by atoms with Crippen molar-refractivity contribution < 1.29 is 9.90 Å². The van der Waals surface area contributed by atoms with Gasteiger partial charge in [-0.15, -0.1) is 0 Å². The second kappa shape index (κ2) is 5.78. The first-order valence-corrected chi connectivity index (χ1v) is 7.77. The average Bonchev–Trinajstić information content (AvgIpc) is 2.82. The highest BCUT2D eigenvalue weighted by atomic mass is 16.4. The Labute approximate surface area is 126 Å². The fourth-order valence-electron chi connectivity index (χ4n) is 3.94. The Morgan fingerprint density at radius 3 is 2.57 bits per heavy atom. The summed E-state index contributed by atoms with van der Waals surface area (Å²) in [6.45, 7) is 4.51.